The third-order valence-electron chi connectivity index (χ3n) is 3.08. The molecule has 2 aromatic rings. The number of ether oxygens (including phenoxy) is 2. The molecule has 0 spiro atoms. The molecular formula is C17H17NO3. The van der Waals surface area contributed by atoms with Gasteiger partial charge in [0, 0.05) is 16.8 Å². The van der Waals surface area contributed by atoms with Crippen molar-refractivity contribution in [3.8, 4) is 11.5 Å². The summed E-state index contributed by atoms with van der Waals surface area (Å²) in [6.45, 7) is 0. The predicted octanol–water partition coefficient (Wildman–Crippen LogP) is 3.18. The van der Waals surface area contributed by atoms with Gasteiger partial charge in [-0.2, -0.15) is 0 Å². The highest BCUT2D eigenvalue weighted by Crippen LogP contribution is 2.25. The van der Waals surface area contributed by atoms with E-state index in [2.05, 4.69) is 0 Å². The van der Waals surface area contributed by atoms with Gasteiger partial charge in [0.05, 0.1) is 14.2 Å². The Balaban J connectivity index is 2.29. The maximum absolute atomic E-state index is 12.2. The van der Waals surface area contributed by atoms with E-state index in [0.717, 1.165) is 5.56 Å². The average Bonchev–Trinajstić information content (AvgIpc) is 2.52. The molecule has 2 rings (SSSR count). The number of carbonyl (C=O) groups is 1. The van der Waals surface area contributed by atoms with Crippen LogP contribution in [0.1, 0.15) is 15.9 Å². The fraction of sp³-hybridized carbons (Fsp3) is 0.118. The lowest BCUT2D eigenvalue weighted by Gasteiger charge is -2.07. The van der Waals surface area contributed by atoms with E-state index >= 15 is 0 Å². The molecule has 0 aliphatic carbocycles. The second-order valence-corrected chi connectivity index (χ2v) is 4.39. The Hall–Kier alpha value is -2.75. The molecule has 0 atom stereocenters. The number of carbonyl (C=O) groups excluding carboxylic acids is 1. The molecule has 2 aromatic carbocycles. The van der Waals surface area contributed by atoms with Crippen LogP contribution in [0.2, 0.25) is 0 Å². The lowest BCUT2D eigenvalue weighted by Crippen LogP contribution is -2.00. The Morgan fingerprint density at radius 1 is 1.10 bits per heavy atom. The highest BCUT2D eigenvalue weighted by molar-refractivity contribution is 6.10. The first-order valence-electron chi connectivity index (χ1n) is 6.44. The molecule has 0 heterocycles. The van der Waals surface area contributed by atoms with Crippen molar-refractivity contribution in [1.82, 2.24) is 0 Å². The van der Waals surface area contributed by atoms with Gasteiger partial charge in [-0.15, -0.1) is 0 Å². The summed E-state index contributed by atoms with van der Waals surface area (Å²) >= 11 is 0. The standard InChI is InChI=1S/C17H17NO3/c1-20-13-8-10-17(21-2)12(11-13)7-9-16(19)14-5-3-4-6-15(14)18/h3-11H,18H2,1-2H3. The van der Waals surface area contributed by atoms with Gasteiger partial charge < -0.3 is 15.2 Å². The van der Waals surface area contributed by atoms with Gasteiger partial charge in [-0.25, -0.2) is 0 Å². The Morgan fingerprint density at radius 3 is 2.52 bits per heavy atom. The van der Waals surface area contributed by atoms with Crippen LogP contribution < -0.4 is 15.2 Å². The topological polar surface area (TPSA) is 61.5 Å². The SMILES string of the molecule is COc1ccc(OC)c(C=CC(=O)c2ccccc2N)c1. The number of allylic oxidation sites excluding steroid dienone is 1. The molecule has 0 bridgehead atoms. The number of rotatable bonds is 5. The van der Waals surface area contributed by atoms with E-state index in [1.807, 2.05) is 0 Å². The van der Waals surface area contributed by atoms with Gasteiger partial charge >= 0.3 is 0 Å². The van der Waals surface area contributed by atoms with Crippen LogP contribution in [0, 0.1) is 0 Å². The second kappa shape index (κ2) is 6.61. The highest BCUT2D eigenvalue weighted by Gasteiger charge is 2.07. The van der Waals surface area contributed by atoms with Crippen molar-refractivity contribution < 1.29 is 14.3 Å². The average molecular weight is 283 g/mol. The highest BCUT2D eigenvalue weighted by atomic mass is 16.5. The van der Waals surface area contributed by atoms with Crippen LogP contribution in [0.4, 0.5) is 5.69 Å². The number of nitrogens with two attached hydrogens (primary N) is 1. The number of benzene rings is 2. The van der Waals surface area contributed by atoms with Gasteiger partial charge in [0.2, 0.25) is 0 Å². The summed E-state index contributed by atoms with van der Waals surface area (Å²) in [6, 6.07) is 12.4. The van der Waals surface area contributed by atoms with Crippen LogP contribution in [0.15, 0.2) is 48.5 Å². The van der Waals surface area contributed by atoms with E-state index in [0.29, 0.717) is 22.7 Å². The maximum atomic E-state index is 12.2. The summed E-state index contributed by atoms with van der Waals surface area (Å²) in [4.78, 5) is 12.2. The molecule has 2 N–H and O–H groups in total. The van der Waals surface area contributed by atoms with Crippen LogP contribution in [-0.4, -0.2) is 20.0 Å². The Bertz CT molecular complexity index is 677. The van der Waals surface area contributed by atoms with Gasteiger partial charge in [0.25, 0.3) is 0 Å². The van der Waals surface area contributed by atoms with E-state index in [1.165, 1.54) is 6.08 Å². The van der Waals surface area contributed by atoms with Crippen molar-refractivity contribution >= 4 is 17.5 Å². The lowest BCUT2D eigenvalue weighted by atomic mass is 10.1. The first-order valence-corrected chi connectivity index (χ1v) is 6.44. The van der Waals surface area contributed by atoms with Crippen LogP contribution >= 0.6 is 0 Å². The molecule has 21 heavy (non-hydrogen) atoms. The van der Waals surface area contributed by atoms with E-state index in [-0.39, 0.29) is 5.78 Å². The Labute approximate surface area is 123 Å². The molecule has 0 unspecified atom stereocenters. The minimum Gasteiger partial charge on any atom is -0.497 e. The van der Waals surface area contributed by atoms with Crippen molar-refractivity contribution in [1.29, 1.82) is 0 Å². The van der Waals surface area contributed by atoms with Crippen LogP contribution in [0.25, 0.3) is 6.08 Å². The zero-order valence-corrected chi connectivity index (χ0v) is 12.0. The van der Waals surface area contributed by atoms with Crippen molar-refractivity contribution in [3.05, 3.63) is 59.7 Å². The minimum absolute atomic E-state index is 0.155. The third kappa shape index (κ3) is 3.42. The molecule has 0 radical (unpaired) electrons. The van der Waals surface area contributed by atoms with Crippen LogP contribution in [-0.2, 0) is 0 Å². The van der Waals surface area contributed by atoms with Gasteiger partial charge in [0.15, 0.2) is 5.78 Å². The molecule has 4 heteroatoms. The predicted molar refractivity (Wildman–Crippen MR) is 83.8 cm³/mol. The van der Waals surface area contributed by atoms with Gasteiger partial charge in [0.1, 0.15) is 11.5 Å². The molecule has 0 fully saturated rings. The third-order valence-corrected chi connectivity index (χ3v) is 3.08. The van der Waals surface area contributed by atoms with E-state index < -0.39 is 0 Å². The normalized spacial score (nSPS) is 10.6. The zero-order valence-electron chi connectivity index (χ0n) is 12.0. The summed E-state index contributed by atoms with van der Waals surface area (Å²) in [5.41, 5.74) is 7.50. The fourth-order valence-electron chi connectivity index (χ4n) is 1.95. The summed E-state index contributed by atoms with van der Waals surface area (Å²) in [5.74, 6) is 1.21. The molecule has 0 aliphatic rings. The number of ketones is 1. The van der Waals surface area contributed by atoms with Crippen LogP contribution in [0.5, 0.6) is 11.5 Å². The molecule has 0 aromatic heterocycles. The Morgan fingerprint density at radius 2 is 1.86 bits per heavy atom. The van der Waals surface area contributed by atoms with E-state index in [9.17, 15) is 4.79 Å². The molecule has 108 valence electrons. The quantitative estimate of drug-likeness (QED) is 0.520. The van der Waals surface area contributed by atoms with Gasteiger partial charge in [-0.05, 0) is 42.5 Å². The van der Waals surface area contributed by atoms with Crippen molar-refractivity contribution in [2.45, 2.75) is 0 Å². The summed E-state index contributed by atoms with van der Waals surface area (Å²) in [6.07, 6.45) is 3.17. The Kier molecular flexibility index (Phi) is 4.61. The molecular weight excluding hydrogens is 266 g/mol. The number of hydrogen-bond donors (Lipinski definition) is 1. The molecule has 0 amide bonds. The lowest BCUT2D eigenvalue weighted by molar-refractivity contribution is 0.104. The number of hydrogen-bond acceptors (Lipinski definition) is 4. The first kappa shape index (κ1) is 14.7. The molecule has 0 saturated carbocycles. The fourth-order valence-corrected chi connectivity index (χ4v) is 1.95. The van der Waals surface area contributed by atoms with Gasteiger partial charge in [-0.3, -0.25) is 4.79 Å². The maximum Gasteiger partial charge on any atom is 0.187 e. The summed E-state index contributed by atoms with van der Waals surface area (Å²) in [5, 5.41) is 0. The summed E-state index contributed by atoms with van der Waals surface area (Å²) < 4.78 is 10.4. The number of nitrogen functional groups attached to an aromatic ring is 1. The van der Waals surface area contributed by atoms with Gasteiger partial charge in [-0.1, -0.05) is 12.1 Å². The van der Waals surface area contributed by atoms with E-state index in [4.69, 9.17) is 15.2 Å². The monoisotopic (exact) mass is 283 g/mol. The molecule has 4 nitrogen and oxygen atoms in total. The van der Waals surface area contributed by atoms with Crippen molar-refractivity contribution in [2.75, 3.05) is 20.0 Å². The second-order valence-electron chi connectivity index (χ2n) is 4.39. The van der Waals surface area contributed by atoms with Crippen molar-refractivity contribution in [2.24, 2.45) is 0 Å². The molecule has 0 aliphatic heterocycles. The number of para-hydroxylation sites is 1. The number of anilines is 1. The van der Waals surface area contributed by atoms with Crippen molar-refractivity contribution in [3.63, 3.8) is 0 Å². The van der Waals surface area contributed by atoms with Crippen LogP contribution in [0.3, 0.4) is 0 Å². The smallest absolute Gasteiger partial charge is 0.187 e. The first-order chi connectivity index (χ1) is 10.2. The number of methoxy groups -OCH3 is 2. The molecule has 0 saturated heterocycles. The largest absolute Gasteiger partial charge is 0.497 e. The zero-order chi connectivity index (χ0) is 15.2. The van der Waals surface area contributed by atoms with E-state index in [1.54, 1.807) is 62.8 Å². The summed E-state index contributed by atoms with van der Waals surface area (Å²) in [7, 11) is 3.17. The minimum atomic E-state index is -0.155.